The first-order chi connectivity index (χ1) is 11.8. The van der Waals surface area contributed by atoms with Crippen molar-refractivity contribution in [2.24, 2.45) is 0 Å². The molecule has 2 N–H and O–H groups in total. The van der Waals surface area contributed by atoms with Crippen LogP contribution in [0.5, 0.6) is 11.5 Å². The molecule has 25 heavy (non-hydrogen) atoms. The molecule has 2 atom stereocenters. The number of aliphatic hydroxyl groups excluding tert-OH is 1. The van der Waals surface area contributed by atoms with Crippen molar-refractivity contribution in [3.63, 3.8) is 0 Å². The van der Waals surface area contributed by atoms with Crippen molar-refractivity contribution in [1.29, 1.82) is 0 Å². The maximum Gasteiger partial charge on any atom is 0.126 e. The lowest BCUT2D eigenvalue weighted by molar-refractivity contribution is 0.0561. The van der Waals surface area contributed by atoms with E-state index >= 15 is 0 Å². The molecule has 0 fully saturated rings. The van der Waals surface area contributed by atoms with Gasteiger partial charge in [0.05, 0.1) is 6.10 Å². The van der Waals surface area contributed by atoms with E-state index in [4.69, 9.17) is 4.74 Å². The quantitative estimate of drug-likeness (QED) is 0.666. The van der Waals surface area contributed by atoms with Crippen molar-refractivity contribution in [2.45, 2.75) is 77.9 Å². The van der Waals surface area contributed by atoms with E-state index in [0.717, 1.165) is 49.0 Å². The van der Waals surface area contributed by atoms with Crippen molar-refractivity contribution < 1.29 is 14.9 Å². The predicted octanol–water partition coefficient (Wildman–Crippen LogP) is 5.23. The van der Waals surface area contributed by atoms with Gasteiger partial charge in [-0.2, -0.15) is 0 Å². The molecule has 1 aliphatic rings. The molecule has 0 spiro atoms. The van der Waals surface area contributed by atoms with E-state index in [1.807, 2.05) is 19.1 Å². The molecule has 2 rings (SSSR count). The molecule has 0 saturated carbocycles. The van der Waals surface area contributed by atoms with Gasteiger partial charge >= 0.3 is 0 Å². The average Bonchev–Trinajstić information content (AvgIpc) is 2.52. The number of allylic oxidation sites excluding steroid dienone is 3. The number of fused-ring (bicyclic) bond motifs is 1. The summed E-state index contributed by atoms with van der Waals surface area (Å²) in [6, 6.07) is 3.60. The molecule has 0 aliphatic carbocycles. The number of aryl methyl sites for hydroxylation is 2. The summed E-state index contributed by atoms with van der Waals surface area (Å²) in [5.41, 5.74) is 3.33. The fourth-order valence-corrected chi connectivity index (χ4v) is 3.30. The Balaban J connectivity index is 1.88. The largest absolute Gasteiger partial charge is 0.508 e. The molecule has 1 aromatic rings. The first-order valence-electron chi connectivity index (χ1n) is 9.29. The van der Waals surface area contributed by atoms with Crippen molar-refractivity contribution in [1.82, 2.24) is 0 Å². The van der Waals surface area contributed by atoms with Crippen LogP contribution in [0.15, 0.2) is 35.9 Å². The standard InChI is InChI=1S/C22H32O3/c1-16(8-5-6-10-18(3)23)9-7-12-22(4)13-11-19-15-20(24)14-17(2)21(19)25-22/h5-6,9,14-15,18,23-24H,7-8,10-13H2,1-4H3/b6-5+,16-9+. The molecule has 2 unspecified atom stereocenters. The normalized spacial score (nSPS) is 21.9. The zero-order chi connectivity index (χ0) is 18.4. The third-order valence-electron chi connectivity index (χ3n) is 4.86. The minimum absolute atomic E-state index is 0.145. The highest BCUT2D eigenvalue weighted by molar-refractivity contribution is 5.47. The predicted molar refractivity (Wildman–Crippen MR) is 103 cm³/mol. The van der Waals surface area contributed by atoms with Gasteiger partial charge in [0.25, 0.3) is 0 Å². The molecule has 3 heteroatoms. The maximum absolute atomic E-state index is 9.74. The van der Waals surface area contributed by atoms with E-state index in [9.17, 15) is 10.2 Å². The van der Waals surface area contributed by atoms with E-state index in [1.54, 1.807) is 13.0 Å². The summed E-state index contributed by atoms with van der Waals surface area (Å²) in [7, 11) is 0. The van der Waals surface area contributed by atoms with E-state index in [2.05, 4.69) is 26.0 Å². The summed E-state index contributed by atoms with van der Waals surface area (Å²) in [5.74, 6) is 1.28. The Morgan fingerprint density at radius 3 is 2.84 bits per heavy atom. The van der Waals surface area contributed by atoms with Gasteiger partial charge in [0.15, 0.2) is 0 Å². The highest BCUT2D eigenvalue weighted by Crippen LogP contribution is 2.39. The van der Waals surface area contributed by atoms with Gasteiger partial charge in [-0.25, -0.2) is 0 Å². The average molecular weight is 344 g/mol. The zero-order valence-corrected chi connectivity index (χ0v) is 16.0. The number of hydrogen-bond donors (Lipinski definition) is 2. The molecule has 1 aromatic carbocycles. The lowest BCUT2D eigenvalue weighted by Crippen LogP contribution is -2.36. The Kier molecular flexibility index (Phi) is 6.71. The summed E-state index contributed by atoms with van der Waals surface area (Å²) in [6.45, 7) is 8.14. The van der Waals surface area contributed by atoms with Crippen molar-refractivity contribution in [3.8, 4) is 11.5 Å². The summed E-state index contributed by atoms with van der Waals surface area (Å²) in [5, 5.41) is 19.0. The van der Waals surface area contributed by atoms with Crippen LogP contribution < -0.4 is 4.74 Å². The van der Waals surface area contributed by atoms with Crippen LogP contribution in [0.3, 0.4) is 0 Å². The van der Waals surface area contributed by atoms with Crippen LogP contribution >= 0.6 is 0 Å². The smallest absolute Gasteiger partial charge is 0.126 e. The fourth-order valence-electron chi connectivity index (χ4n) is 3.30. The highest BCUT2D eigenvalue weighted by atomic mass is 16.5. The van der Waals surface area contributed by atoms with Gasteiger partial charge in [0.1, 0.15) is 17.1 Å². The topological polar surface area (TPSA) is 49.7 Å². The van der Waals surface area contributed by atoms with Gasteiger partial charge in [0.2, 0.25) is 0 Å². The third-order valence-corrected chi connectivity index (χ3v) is 4.86. The molecule has 0 amide bonds. The van der Waals surface area contributed by atoms with Gasteiger partial charge in [-0.3, -0.25) is 0 Å². The zero-order valence-electron chi connectivity index (χ0n) is 16.0. The van der Waals surface area contributed by atoms with Crippen LogP contribution in [0.25, 0.3) is 0 Å². The second kappa shape index (κ2) is 8.57. The summed E-state index contributed by atoms with van der Waals surface area (Å²) in [6.07, 6.45) is 11.8. The molecule has 138 valence electrons. The van der Waals surface area contributed by atoms with Crippen LogP contribution in [-0.4, -0.2) is 21.9 Å². The highest BCUT2D eigenvalue weighted by Gasteiger charge is 2.31. The molecule has 0 aromatic heterocycles. The number of phenols is 1. The number of aliphatic hydroxyl groups is 1. The Bertz CT molecular complexity index is 643. The molecule has 1 heterocycles. The Labute approximate surface area is 152 Å². The van der Waals surface area contributed by atoms with Crippen molar-refractivity contribution in [2.75, 3.05) is 0 Å². The molecule has 0 radical (unpaired) electrons. The summed E-state index contributed by atoms with van der Waals surface area (Å²) < 4.78 is 6.33. The number of rotatable bonds is 7. The second-order valence-corrected chi connectivity index (χ2v) is 7.65. The van der Waals surface area contributed by atoms with Gasteiger partial charge in [-0.1, -0.05) is 23.8 Å². The van der Waals surface area contributed by atoms with Crippen LogP contribution in [0.2, 0.25) is 0 Å². The Morgan fingerprint density at radius 1 is 1.36 bits per heavy atom. The first-order valence-corrected chi connectivity index (χ1v) is 9.29. The number of benzene rings is 1. The van der Waals surface area contributed by atoms with E-state index in [-0.39, 0.29) is 11.7 Å². The molecule has 0 bridgehead atoms. The van der Waals surface area contributed by atoms with Gasteiger partial charge in [-0.05, 0) is 89.5 Å². The van der Waals surface area contributed by atoms with Gasteiger partial charge < -0.3 is 14.9 Å². The third kappa shape index (κ3) is 5.93. The fraction of sp³-hybridized carbons (Fsp3) is 0.545. The minimum atomic E-state index is -0.266. The van der Waals surface area contributed by atoms with E-state index < -0.39 is 0 Å². The Hall–Kier alpha value is -1.74. The molecule has 0 saturated heterocycles. The van der Waals surface area contributed by atoms with Crippen LogP contribution in [0.1, 0.15) is 64.0 Å². The second-order valence-electron chi connectivity index (χ2n) is 7.65. The van der Waals surface area contributed by atoms with Crippen LogP contribution in [-0.2, 0) is 6.42 Å². The lowest BCUT2D eigenvalue weighted by Gasteiger charge is -2.36. The van der Waals surface area contributed by atoms with E-state index in [1.165, 1.54) is 5.57 Å². The summed E-state index contributed by atoms with van der Waals surface area (Å²) >= 11 is 0. The van der Waals surface area contributed by atoms with E-state index in [0.29, 0.717) is 12.2 Å². The molecule has 3 nitrogen and oxygen atoms in total. The summed E-state index contributed by atoms with van der Waals surface area (Å²) in [4.78, 5) is 0. The van der Waals surface area contributed by atoms with Crippen molar-refractivity contribution >= 4 is 0 Å². The maximum atomic E-state index is 9.74. The lowest BCUT2D eigenvalue weighted by atomic mass is 9.87. The number of hydrogen-bond acceptors (Lipinski definition) is 3. The molecule has 1 aliphatic heterocycles. The first kappa shape index (κ1) is 19.6. The van der Waals surface area contributed by atoms with Crippen LogP contribution in [0.4, 0.5) is 0 Å². The molecular weight excluding hydrogens is 312 g/mol. The number of phenolic OH excluding ortho intramolecular Hbond substituents is 1. The number of aromatic hydroxyl groups is 1. The van der Waals surface area contributed by atoms with Crippen LogP contribution in [0, 0.1) is 6.92 Å². The minimum Gasteiger partial charge on any atom is -0.508 e. The monoisotopic (exact) mass is 344 g/mol. The van der Waals surface area contributed by atoms with Crippen molar-refractivity contribution in [3.05, 3.63) is 47.1 Å². The SMILES string of the molecule is C/C(=C\CCC1(C)CCc2cc(O)cc(C)c2O1)C/C=C/CC(C)O. The van der Waals surface area contributed by atoms with Gasteiger partial charge in [0, 0.05) is 0 Å². The Morgan fingerprint density at radius 2 is 2.12 bits per heavy atom. The molecular formula is C22H32O3. The number of ether oxygens (including phenoxy) is 1. The van der Waals surface area contributed by atoms with Gasteiger partial charge in [-0.15, -0.1) is 0 Å².